The van der Waals surface area contributed by atoms with Crippen LogP contribution in [-0.4, -0.2) is 132 Å². The molecule has 15 nitrogen and oxygen atoms in total. The first kappa shape index (κ1) is 53.8. The molecule has 22 atom stereocenters. The van der Waals surface area contributed by atoms with Gasteiger partial charge < -0.3 is 63.8 Å². The predicted octanol–water partition coefficient (Wildman–Crippen LogP) is 6.64. The maximum Gasteiger partial charge on any atom is 0.308 e. The third-order valence-corrected chi connectivity index (χ3v) is 17.6. The van der Waals surface area contributed by atoms with Crippen molar-refractivity contribution in [2.24, 2.45) is 47.3 Å². The second kappa shape index (κ2) is 20.0. The zero-order valence-electron chi connectivity index (χ0n) is 42.4. The molecule has 6 N–H and O–H groups in total. The highest BCUT2D eigenvalue weighted by Crippen LogP contribution is 2.56. The summed E-state index contributed by atoms with van der Waals surface area (Å²) in [7, 11) is 0. The van der Waals surface area contributed by atoms with E-state index in [4.69, 9.17) is 33.2 Å². The van der Waals surface area contributed by atoms with Gasteiger partial charge in [-0.15, -0.1) is 0 Å². The number of carbonyl (C=O) groups excluding carboxylic acids is 1. The standard InChI is InChI=1S/C51H88O15/c1-14-40-46(11,56)21-20-41(61-40)47(12)25-32(8)51(59,66-47)48(13)22-19-38(63-48)43(62-45(55)27(2)3)50(58)31(7)23-29(5)39(65-50)26-49(57)30(6)16-18-37(64-49)33(9)36(52)24-35-17-15-28(4)42(60-35)34(10)44(53)54/h27-43,52,56-59H,14-26H2,1-13H3,(H,53,54)/t28-,29-,30-,31+,32+,33-,34+,35+,36+,37+,38-,39+,40-,41+,42-,43+,46+,47-,48-,49+,50+,51+/m0/s1. The Labute approximate surface area is 394 Å². The van der Waals surface area contributed by atoms with E-state index in [0.29, 0.717) is 70.6 Å². The average molecular weight is 941 g/mol. The lowest BCUT2D eigenvalue weighted by atomic mass is 9.76. The number of aliphatic carboxylic acids is 1. The highest BCUT2D eigenvalue weighted by molar-refractivity contribution is 5.72. The van der Waals surface area contributed by atoms with Crippen molar-refractivity contribution in [3.63, 3.8) is 0 Å². The number of hydrogen-bond donors (Lipinski definition) is 6. The summed E-state index contributed by atoms with van der Waals surface area (Å²) in [5, 5.41) is 70.2. The van der Waals surface area contributed by atoms with Gasteiger partial charge in [0.1, 0.15) is 11.7 Å². The molecule has 6 aliphatic rings. The van der Waals surface area contributed by atoms with E-state index in [1.807, 2.05) is 62.3 Å². The van der Waals surface area contributed by atoms with Crippen LogP contribution < -0.4 is 0 Å². The van der Waals surface area contributed by atoms with Crippen LogP contribution in [-0.2, 0) is 42.7 Å². The Hall–Kier alpha value is -1.50. The van der Waals surface area contributed by atoms with Crippen LogP contribution in [0.2, 0.25) is 0 Å². The Morgan fingerprint density at radius 1 is 0.773 bits per heavy atom. The van der Waals surface area contributed by atoms with Gasteiger partial charge in [0, 0.05) is 30.1 Å². The largest absolute Gasteiger partial charge is 0.481 e. The van der Waals surface area contributed by atoms with Crippen LogP contribution in [0.25, 0.3) is 0 Å². The molecule has 0 spiro atoms. The van der Waals surface area contributed by atoms with Gasteiger partial charge in [0.15, 0.2) is 17.7 Å². The highest BCUT2D eigenvalue weighted by Gasteiger charge is 2.68. The van der Waals surface area contributed by atoms with E-state index in [9.17, 15) is 40.2 Å². The molecule has 0 aromatic rings. The average Bonchev–Trinajstić information content (AvgIpc) is 3.76. The fraction of sp³-hybridized carbons (Fsp3) is 0.961. The van der Waals surface area contributed by atoms with Gasteiger partial charge in [0.05, 0.1) is 65.8 Å². The van der Waals surface area contributed by atoms with E-state index < -0.39 is 100 Å². The highest BCUT2D eigenvalue weighted by atomic mass is 16.7. The number of aliphatic hydroxyl groups excluding tert-OH is 1. The molecular formula is C51H88O15. The molecule has 0 unspecified atom stereocenters. The molecule has 6 saturated heterocycles. The van der Waals surface area contributed by atoms with Crippen LogP contribution in [0.5, 0.6) is 0 Å². The van der Waals surface area contributed by atoms with Crippen molar-refractivity contribution < 1.29 is 73.4 Å². The zero-order valence-corrected chi connectivity index (χ0v) is 42.4. The number of rotatable bonds is 15. The summed E-state index contributed by atoms with van der Waals surface area (Å²) in [6.07, 6.45) is 0.664. The van der Waals surface area contributed by atoms with Crippen LogP contribution >= 0.6 is 0 Å². The summed E-state index contributed by atoms with van der Waals surface area (Å²) in [4.78, 5) is 25.3. The topological polar surface area (TPSA) is 220 Å². The molecule has 0 bridgehead atoms. The van der Waals surface area contributed by atoms with Gasteiger partial charge in [-0.1, -0.05) is 62.3 Å². The first-order valence-electron chi connectivity index (χ1n) is 25.6. The molecule has 0 aliphatic carbocycles. The number of aliphatic hydroxyl groups is 5. The number of hydrogen-bond acceptors (Lipinski definition) is 14. The van der Waals surface area contributed by atoms with Crippen molar-refractivity contribution in [3.05, 3.63) is 0 Å². The van der Waals surface area contributed by atoms with E-state index in [1.54, 1.807) is 27.7 Å². The summed E-state index contributed by atoms with van der Waals surface area (Å²) in [5.41, 5.74) is -3.12. The lowest BCUT2D eigenvalue weighted by Crippen LogP contribution is -2.64. The normalized spacial score (nSPS) is 48.7. The lowest BCUT2D eigenvalue weighted by molar-refractivity contribution is -0.374. The molecule has 6 fully saturated rings. The quantitative estimate of drug-likeness (QED) is 0.0949. The molecule has 0 radical (unpaired) electrons. The number of carboxylic acid groups (broad SMARTS) is 1. The van der Waals surface area contributed by atoms with E-state index in [0.717, 1.165) is 6.42 Å². The Morgan fingerprint density at radius 3 is 2.09 bits per heavy atom. The first-order chi connectivity index (χ1) is 30.5. The number of carbonyl (C=O) groups is 2. The molecule has 0 saturated carbocycles. The fourth-order valence-corrected chi connectivity index (χ4v) is 12.7. The Kier molecular flexibility index (Phi) is 16.3. The molecular weight excluding hydrogens is 853 g/mol. The minimum atomic E-state index is -2.05. The predicted molar refractivity (Wildman–Crippen MR) is 244 cm³/mol. The number of carboxylic acids is 1. The SMILES string of the molecule is CC[C@@H]1O[C@@H]([C@]2(C)C[C@@H](C)[C@](O)([C@]3(C)CC[C@@H]([C@@H](OC(=O)C(C)C)[C@]4(O)O[C@H](C[C@@]5(O)O[C@@H]([C@@H](C)[C@H](O)C[C@H]6CC[C@H](C)[C@@H]([C@@H](C)C(=O)O)O6)CC[C@@H]5C)[C@@H](C)C[C@H]4C)O3)O2)CC[C@@]1(C)O. The van der Waals surface area contributed by atoms with Crippen molar-refractivity contribution in [1.82, 2.24) is 0 Å². The minimum Gasteiger partial charge on any atom is -0.481 e. The minimum absolute atomic E-state index is 0.0113. The molecule has 15 heteroatoms. The molecule has 0 amide bonds. The van der Waals surface area contributed by atoms with Crippen LogP contribution in [0, 0.1) is 47.3 Å². The van der Waals surface area contributed by atoms with Gasteiger partial charge in [-0.2, -0.15) is 0 Å². The van der Waals surface area contributed by atoms with E-state index in [-0.39, 0.29) is 54.3 Å². The zero-order chi connectivity index (χ0) is 49.1. The summed E-state index contributed by atoms with van der Waals surface area (Å²) >= 11 is 0. The molecule has 382 valence electrons. The maximum atomic E-state index is 13.6. The third-order valence-electron chi connectivity index (χ3n) is 17.6. The molecule has 6 heterocycles. The van der Waals surface area contributed by atoms with Crippen molar-refractivity contribution in [2.45, 2.75) is 263 Å². The molecule has 66 heavy (non-hydrogen) atoms. The second-order valence-electron chi connectivity index (χ2n) is 23.3. The van der Waals surface area contributed by atoms with Crippen molar-refractivity contribution >= 4 is 11.9 Å². The maximum absolute atomic E-state index is 13.6. The van der Waals surface area contributed by atoms with Crippen molar-refractivity contribution in [3.8, 4) is 0 Å². The molecule has 6 rings (SSSR count). The van der Waals surface area contributed by atoms with Gasteiger partial charge in [-0.25, -0.2) is 0 Å². The van der Waals surface area contributed by atoms with Gasteiger partial charge >= 0.3 is 11.9 Å². The summed E-state index contributed by atoms with van der Waals surface area (Å²) < 4.78 is 46.0. The Bertz CT molecular complexity index is 1680. The van der Waals surface area contributed by atoms with Crippen LogP contribution in [0.1, 0.15) is 173 Å². The van der Waals surface area contributed by atoms with E-state index >= 15 is 0 Å². The second-order valence-corrected chi connectivity index (χ2v) is 23.3. The van der Waals surface area contributed by atoms with Crippen LogP contribution in [0.3, 0.4) is 0 Å². The monoisotopic (exact) mass is 941 g/mol. The molecule has 0 aromatic heterocycles. The fourth-order valence-electron chi connectivity index (χ4n) is 12.7. The molecule has 6 aliphatic heterocycles. The number of ether oxygens (including phenoxy) is 7. The summed E-state index contributed by atoms with van der Waals surface area (Å²) in [5.74, 6) is -9.80. The van der Waals surface area contributed by atoms with Crippen LogP contribution in [0.4, 0.5) is 0 Å². The summed E-state index contributed by atoms with van der Waals surface area (Å²) in [6.45, 7) is 24.3. The van der Waals surface area contributed by atoms with Crippen LogP contribution in [0.15, 0.2) is 0 Å². The first-order valence-corrected chi connectivity index (χ1v) is 25.6. The van der Waals surface area contributed by atoms with Gasteiger partial charge in [0.25, 0.3) is 0 Å². The van der Waals surface area contributed by atoms with Gasteiger partial charge in [-0.3, -0.25) is 9.59 Å². The van der Waals surface area contributed by atoms with Gasteiger partial charge in [-0.05, 0) is 117 Å². The smallest absolute Gasteiger partial charge is 0.308 e. The van der Waals surface area contributed by atoms with E-state index in [1.165, 1.54) is 0 Å². The van der Waals surface area contributed by atoms with E-state index in [2.05, 4.69) is 0 Å². The van der Waals surface area contributed by atoms with Crippen molar-refractivity contribution in [2.75, 3.05) is 0 Å². The lowest BCUT2D eigenvalue weighted by Gasteiger charge is -2.52. The summed E-state index contributed by atoms with van der Waals surface area (Å²) in [6, 6.07) is 0. The Morgan fingerprint density at radius 2 is 1.45 bits per heavy atom. The third kappa shape index (κ3) is 10.4. The number of esters is 1. The Balaban J connectivity index is 1.17. The van der Waals surface area contributed by atoms with Gasteiger partial charge in [0.2, 0.25) is 5.79 Å². The van der Waals surface area contributed by atoms with Crippen molar-refractivity contribution in [1.29, 1.82) is 0 Å². The molecule has 0 aromatic carbocycles.